The molecule has 0 spiro atoms. The lowest BCUT2D eigenvalue weighted by Crippen LogP contribution is -2.41. The molecule has 4 rings (SSSR count). The second-order valence-electron chi connectivity index (χ2n) is 9.49. The highest BCUT2D eigenvalue weighted by Crippen LogP contribution is 2.40. The molecule has 0 aliphatic carbocycles. The largest absolute Gasteiger partial charge is 0.458 e. The molecule has 2 heterocycles. The minimum Gasteiger partial charge on any atom is -0.403 e. The van der Waals surface area contributed by atoms with Gasteiger partial charge in [0.15, 0.2) is 0 Å². The zero-order valence-corrected chi connectivity index (χ0v) is 19.0. The van der Waals surface area contributed by atoms with E-state index >= 15 is 0 Å². The van der Waals surface area contributed by atoms with E-state index in [1.807, 2.05) is 0 Å². The van der Waals surface area contributed by atoms with Gasteiger partial charge >= 0.3 is 7.12 Å². The molecule has 0 radical (unpaired) electrons. The van der Waals surface area contributed by atoms with Crippen LogP contribution >= 0.6 is 0 Å². The zero-order chi connectivity index (χ0) is 21.5. The number of allylic oxidation sites excluding steroid dienone is 2. The summed E-state index contributed by atoms with van der Waals surface area (Å²) in [6.07, 6.45) is 5.27. The number of hydrogen-bond donors (Lipinski definition) is 0. The normalized spacial score (nSPS) is 19.4. The summed E-state index contributed by atoms with van der Waals surface area (Å²) in [5.41, 5.74) is 4.42. The highest BCUT2D eigenvalue weighted by molar-refractivity contribution is 6.45. The Labute approximate surface area is 180 Å². The van der Waals surface area contributed by atoms with Crippen LogP contribution in [0.2, 0.25) is 6.32 Å². The monoisotopic (exact) mass is 401 g/mol. The lowest BCUT2D eigenvalue weighted by Gasteiger charge is -2.32. The van der Waals surface area contributed by atoms with Crippen molar-refractivity contribution in [3.63, 3.8) is 0 Å². The topological polar surface area (TPSA) is 23.4 Å². The third kappa shape index (κ3) is 3.99. The molecule has 1 atom stereocenters. The molecule has 1 fully saturated rings. The first-order valence-corrected chi connectivity index (χ1v) is 10.8. The molecule has 1 aliphatic rings. The van der Waals surface area contributed by atoms with Crippen LogP contribution < -0.4 is 0 Å². The minimum absolute atomic E-state index is 0.199. The van der Waals surface area contributed by atoms with Crippen molar-refractivity contribution in [3.8, 4) is 0 Å². The molecule has 0 amide bonds. The fourth-order valence-electron chi connectivity index (χ4n) is 4.20. The summed E-state index contributed by atoms with van der Waals surface area (Å²) in [5.74, 6) is 0.199. The Hall–Kier alpha value is -2.30. The first-order chi connectivity index (χ1) is 14.2. The highest BCUT2D eigenvalue weighted by atomic mass is 16.7. The van der Waals surface area contributed by atoms with Crippen molar-refractivity contribution in [3.05, 3.63) is 78.0 Å². The van der Waals surface area contributed by atoms with Gasteiger partial charge in [-0.25, -0.2) is 0 Å². The fourth-order valence-corrected chi connectivity index (χ4v) is 4.20. The SMILES string of the molecule is C/C(=C\C(CB1OC(C)(C)C(C)(C)O1)c1ccc2c(ccn2C)c1)c1ccccc1. The summed E-state index contributed by atoms with van der Waals surface area (Å²) in [4.78, 5) is 0. The van der Waals surface area contributed by atoms with Crippen molar-refractivity contribution in [2.75, 3.05) is 0 Å². The Morgan fingerprint density at radius 1 is 1.00 bits per heavy atom. The molecule has 0 bridgehead atoms. The molecule has 0 N–H and O–H groups in total. The van der Waals surface area contributed by atoms with Crippen molar-refractivity contribution in [1.29, 1.82) is 0 Å². The second kappa shape index (κ2) is 7.75. The molecule has 4 heteroatoms. The molecule has 1 aliphatic heterocycles. The maximum absolute atomic E-state index is 6.34. The molecular weight excluding hydrogens is 369 g/mol. The van der Waals surface area contributed by atoms with Gasteiger partial charge in [-0.2, -0.15) is 0 Å². The minimum atomic E-state index is -0.316. The maximum Gasteiger partial charge on any atom is 0.458 e. The Bertz CT molecular complexity index is 1050. The predicted molar refractivity (Wildman–Crippen MR) is 127 cm³/mol. The molecular formula is C26H32BNO2. The van der Waals surface area contributed by atoms with Crippen molar-refractivity contribution < 1.29 is 9.31 Å². The van der Waals surface area contributed by atoms with Gasteiger partial charge < -0.3 is 13.9 Å². The molecule has 0 saturated carbocycles. The molecule has 156 valence electrons. The van der Waals surface area contributed by atoms with Crippen molar-refractivity contribution in [2.45, 2.75) is 58.1 Å². The molecule has 2 aromatic carbocycles. The fraction of sp³-hybridized carbons (Fsp3) is 0.385. The molecule has 30 heavy (non-hydrogen) atoms. The lowest BCUT2D eigenvalue weighted by atomic mass is 9.74. The third-order valence-electron chi connectivity index (χ3n) is 6.77. The van der Waals surface area contributed by atoms with E-state index in [4.69, 9.17) is 9.31 Å². The maximum atomic E-state index is 6.34. The van der Waals surface area contributed by atoms with E-state index in [9.17, 15) is 0 Å². The van der Waals surface area contributed by atoms with Gasteiger partial charge in [0.25, 0.3) is 0 Å². The second-order valence-corrected chi connectivity index (χ2v) is 9.49. The van der Waals surface area contributed by atoms with Crippen LogP contribution in [0.4, 0.5) is 0 Å². The van der Waals surface area contributed by atoms with E-state index in [1.54, 1.807) is 0 Å². The van der Waals surface area contributed by atoms with Crippen molar-refractivity contribution in [1.82, 2.24) is 4.57 Å². The van der Waals surface area contributed by atoms with Crippen LogP contribution in [-0.4, -0.2) is 22.9 Å². The average molecular weight is 401 g/mol. The summed E-state index contributed by atoms with van der Waals surface area (Å²) in [6, 6.07) is 19.5. The summed E-state index contributed by atoms with van der Waals surface area (Å²) in [5, 5.41) is 1.26. The summed E-state index contributed by atoms with van der Waals surface area (Å²) in [7, 11) is 1.86. The highest BCUT2D eigenvalue weighted by Gasteiger charge is 2.51. The molecule has 3 nitrogen and oxygen atoms in total. The third-order valence-corrected chi connectivity index (χ3v) is 6.77. The summed E-state index contributed by atoms with van der Waals surface area (Å²) < 4.78 is 14.8. The van der Waals surface area contributed by atoms with Gasteiger partial charge in [-0.15, -0.1) is 0 Å². The van der Waals surface area contributed by atoms with Gasteiger partial charge in [0, 0.05) is 24.7 Å². The van der Waals surface area contributed by atoms with Gasteiger partial charge in [0.05, 0.1) is 11.2 Å². The molecule has 1 aromatic heterocycles. The first kappa shape index (κ1) is 21.0. The van der Waals surface area contributed by atoms with Crippen LogP contribution in [0.1, 0.15) is 51.7 Å². The lowest BCUT2D eigenvalue weighted by molar-refractivity contribution is 0.00578. The van der Waals surface area contributed by atoms with Crippen LogP contribution in [0.25, 0.3) is 16.5 Å². The van der Waals surface area contributed by atoms with Crippen molar-refractivity contribution >= 4 is 23.6 Å². The van der Waals surface area contributed by atoms with Crippen LogP contribution in [0.3, 0.4) is 0 Å². The number of hydrogen-bond acceptors (Lipinski definition) is 2. The predicted octanol–water partition coefficient (Wildman–Crippen LogP) is 6.46. The number of aryl methyl sites for hydroxylation is 1. The Balaban J connectivity index is 1.69. The zero-order valence-electron chi connectivity index (χ0n) is 19.0. The van der Waals surface area contributed by atoms with E-state index in [-0.39, 0.29) is 24.2 Å². The first-order valence-electron chi connectivity index (χ1n) is 10.8. The van der Waals surface area contributed by atoms with Crippen LogP contribution in [0.15, 0.2) is 66.9 Å². The van der Waals surface area contributed by atoms with Gasteiger partial charge in [-0.1, -0.05) is 42.5 Å². The molecule has 1 saturated heterocycles. The van der Waals surface area contributed by atoms with Crippen LogP contribution in [0.5, 0.6) is 0 Å². The van der Waals surface area contributed by atoms with Crippen LogP contribution in [-0.2, 0) is 16.4 Å². The van der Waals surface area contributed by atoms with Crippen LogP contribution in [0, 0.1) is 0 Å². The van der Waals surface area contributed by atoms with Gasteiger partial charge in [0.2, 0.25) is 0 Å². The summed E-state index contributed by atoms with van der Waals surface area (Å²) in [6.45, 7) is 10.6. The van der Waals surface area contributed by atoms with E-state index < -0.39 is 0 Å². The quantitative estimate of drug-likeness (QED) is 0.458. The number of rotatable bonds is 5. The van der Waals surface area contributed by atoms with E-state index in [0.717, 1.165) is 6.32 Å². The van der Waals surface area contributed by atoms with Crippen molar-refractivity contribution in [2.24, 2.45) is 7.05 Å². The summed E-state index contributed by atoms with van der Waals surface area (Å²) >= 11 is 0. The number of nitrogens with zero attached hydrogens (tertiary/aromatic N) is 1. The van der Waals surface area contributed by atoms with Gasteiger partial charge in [-0.05, 0) is 81.2 Å². The Morgan fingerprint density at radius 3 is 2.33 bits per heavy atom. The number of fused-ring (bicyclic) bond motifs is 1. The van der Waals surface area contributed by atoms with Gasteiger partial charge in [-0.3, -0.25) is 0 Å². The molecule has 3 aromatic rings. The Morgan fingerprint density at radius 2 is 1.67 bits per heavy atom. The smallest absolute Gasteiger partial charge is 0.403 e. The van der Waals surface area contributed by atoms with E-state index in [1.165, 1.54) is 27.6 Å². The van der Waals surface area contributed by atoms with E-state index in [0.29, 0.717) is 0 Å². The van der Waals surface area contributed by atoms with E-state index in [2.05, 4.69) is 113 Å². The standard InChI is InChI=1S/C26H32BNO2/c1-19(20-10-8-7-9-11-20)16-23(18-27-29-25(2,3)26(4,5)30-27)21-12-13-24-22(17-21)14-15-28(24)6/h7-17,23H,18H2,1-6H3/b19-16+. The number of benzene rings is 2. The Kier molecular flexibility index (Phi) is 5.42. The molecule has 1 unspecified atom stereocenters. The van der Waals surface area contributed by atoms with Gasteiger partial charge in [0.1, 0.15) is 0 Å². The average Bonchev–Trinajstić information content (AvgIpc) is 3.16. The number of aromatic nitrogens is 1.